The third-order valence-corrected chi connectivity index (χ3v) is 8.42. The Morgan fingerprint density at radius 1 is 0.902 bits per heavy atom. The fourth-order valence-corrected chi connectivity index (χ4v) is 6.35. The molecule has 3 fully saturated rings. The first kappa shape index (κ1) is 29.5. The van der Waals surface area contributed by atoms with E-state index in [1.165, 1.54) is 19.1 Å². The monoisotopic (exact) mass is 586 g/mol. The van der Waals surface area contributed by atoms with Gasteiger partial charge in [-0.1, -0.05) is 12.1 Å². The quantitative estimate of drug-likeness (QED) is 0.396. The molecule has 0 bridgehead atoms. The number of likely N-dealkylation sites (tertiary alicyclic amines) is 1. The number of alkyl halides is 6. The van der Waals surface area contributed by atoms with Gasteiger partial charge in [0.1, 0.15) is 11.6 Å². The molecule has 2 aromatic rings. The summed E-state index contributed by atoms with van der Waals surface area (Å²) < 4.78 is 101. The van der Waals surface area contributed by atoms with Crippen molar-refractivity contribution in [2.75, 3.05) is 19.6 Å². The van der Waals surface area contributed by atoms with Crippen LogP contribution in [0.4, 0.5) is 30.7 Å². The van der Waals surface area contributed by atoms with Crippen LogP contribution in [0.2, 0.25) is 0 Å². The molecule has 0 saturated carbocycles. The van der Waals surface area contributed by atoms with E-state index in [0.29, 0.717) is 50.0 Å². The molecule has 222 valence electrons. The summed E-state index contributed by atoms with van der Waals surface area (Å²) in [5.41, 5.74) is -2.51. The van der Waals surface area contributed by atoms with Crippen LogP contribution in [0.3, 0.4) is 0 Å². The summed E-state index contributed by atoms with van der Waals surface area (Å²) in [7, 11) is 0. The molecular weight excluding hydrogens is 557 g/mol. The summed E-state index contributed by atoms with van der Waals surface area (Å²) in [6.45, 7) is 2.55. The predicted molar refractivity (Wildman–Crippen MR) is 133 cm³/mol. The number of nitrogens with zero attached hydrogens (tertiary/aromatic N) is 2. The van der Waals surface area contributed by atoms with Gasteiger partial charge in [-0.15, -0.1) is 0 Å². The minimum absolute atomic E-state index is 0.0698. The van der Waals surface area contributed by atoms with Crippen molar-refractivity contribution in [3.8, 4) is 0 Å². The van der Waals surface area contributed by atoms with Gasteiger partial charge in [0.25, 0.3) is 0 Å². The minimum atomic E-state index is -5.00. The standard InChI is InChI=1S/C29H29F7N2O3/c1-16(18-10-19(28(31,32)33)12-20(11-18)29(34,35)36)41-25-15-38-24(27(25)17-2-4-21(30)5-3-17)13-22(14-26(38)40)37-8-6-23(39)7-9-37/h2-5,10-12,16,22,24-25,27H,6-9,13-15H2,1H3/t16-,22?,24+,25+,27?/m1/s1. The highest BCUT2D eigenvalue weighted by molar-refractivity contribution is 5.80. The van der Waals surface area contributed by atoms with Gasteiger partial charge >= 0.3 is 12.4 Å². The molecule has 3 aliphatic rings. The van der Waals surface area contributed by atoms with Crippen LogP contribution in [0.15, 0.2) is 42.5 Å². The van der Waals surface area contributed by atoms with Crippen molar-refractivity contribution in [3.63, 3.8) is 0 Å². The van der Waals surface area contributed by atoms with E-state index >= 15 is 0 Å². The van der Waals surface area contributed by atoms with Gasteiger partial charge in [0, 0.05) is 56.9 Å². The Hall–Kier alpha value is -2.99. The molecule has 2 unspecified atom stereocenters. The van der Waals surface area contributed by atoms with E-state index in [-0.39, 0.29) is 48.4 Å². The first-order chi connectivity index (χ1) is 19.2. The number of Topliss-reactive ketones (excluding diaryl/α,β-unsaturated/α-hetero) is 1. The highest BCUT2D eigenvalue weighted by Crippen LogP contribution is 2.44. The Balaban J connectivity index is 1.45. The number of ether oxygens (including phenoxy) is 1. The highest BCUT2D eigenvalue weighted by atomic mass is 19.4. The Bertz CT molecular complexity index is 1250. The number of carbonyl (C=O) groups is 2. The molecule has 3 saturated heterocycles. The molecule has 1 amide bonds. The lowest BCUT2D eigenvalue weighted by atomic mass is 9.83. The van der Waals surface area contributed by atoms with Crippen LogP contribution in [0.1, 0.15) is 66.9 Å². The van der Waals surface area contributed by atoms with Gasteiger partial charge in [-0.25, -0.2) is 4.39 Å². The fraction of sp³-hybridized carbons (Fsp3) is 0.517. The first-order valence-corrected chi connectivity index (χ1v) is 13.5. The topological polar surface area (TPSA) is 49.9 Å². The van der Waals surface area contributed by atoms with E-state index in [0.717, 1.165) is 0 Å². The lowest BCUT2D eigenvalue weighted by Gasteiger charge is -2.42. The third-order valence-electron chi connectivity index (χ3n) is 8.42. The molecule has 0 spiro atoms. The van der Waals surface area contributed by atoms with Crippen LogP contribution < -0.4 is 0 Å². The second-order valence-electron chi connectivity index (χ2n) is 11.0. The number of ketones is 1. The van der Waals surface area contributed by atoms with Crippen molar-refractivity contribution in [2.24, 2.45) is 0 Å². The van der Waals surface area contributed by atoms with E-state index in [2.05, 4.69) is 4.90 Å². The number of benzene rings is 2. The number of piperidine rings is 2. The molecular formula is C29H29F7N2O3. The fourth-order valence-electron chi connectivity index (χ4n) is 6.35. The van der Waals surface area contributed by atoms with Crippen molar-refractivity contribution < 1.29 is 45.1 Å². The molecule has 0 N–H and O–H groups in total. The molecule has 3 heterocycles. The smallest absolute Gasteiger partial charge is 0.368 e. The van der Waals surface area contributed by atoms with E-state index in [9.17, 15) is 40.3 Å². The van der Waals surface area contributed by atoms with Crippen LogP contribution in [0, 0.1) is 5.82 Å². The summed E-state index contributed by atoms with van der Waals surface area (Å²) >= 11 is 0. The van der Waals surface area contributed by atoms with Crippen molar-refractivity contribution in [1.82, 2.24) is 9.80 Å². The average Bonchev–Trinajstić information content (AvgIpc) is 3.26. The molecule has 0 aliphatic carbocycles. The van der Waals surface area contributed by atoms with Crippen molar-refractivity contribution in [3.05, 3.63) is 70.5 Å². The van der Waals surface area contributed by atoms with Crippen LogP contribution in [0.5, 0.6) is 0 Å². The van der Waals surface area contributed by atoms with Gasteiger partial charge in [-0.2, -0.15) is 26.3 Å². The van der Waals surface area contributed by atoms with Crippen LogP contribution >= 0.6 is 0 Å². The normalized spacial score (nSPS) is 26.8. The molecule has 0 aromatic heterocycles. The Labute approximate surface area is 232 Å². The molecule has 0 radical (unpaired) electrons. The lowest BCUT2D eigenvalue weighted by Crippen LogP contribution is -2.53. The maximum Gasteiger partial charge on any atom is 0.416 e. The summed E-state index contributed by atoms with van der Waals surface area (Å²) in [5.74, 6) is -0.953. The molecule has 3 aliphatic heterocycles. The second-order valence-corrected chi connectivity index (χ2v) is 11.0. The van der Waals surface area contributed by atoms with Gasteiger partial charge in [0.05, 0.1) is 23.3 Å². The molecule has 5 nitrogen and oxygen atoms in total. The van der Waals surface area contributed by atoms with E-state index in [1.807, 2.05) is 0 Å². The second kappa shape index (κ2) is 11.0. The summed E-state index contributed by atoms with van der Waals surface area (Å²) in [4.78, 5) is 28.8. The lowest BCUT2D eigenvalue weighted by molar-refractivity contribution is -0.143. The zero-order chi connectivity index (χ0) is 29.7. The summed E-state index contributed by atoms with van der Waals surface area (Å²) in [6, 6.07) is 6.50. The number of hydrogen-bond donors (Lipinski definition) is 0. The first-order valence-electron chi connectivity index (χ1n) is 13.5. The predicted octanol–water partition coefficient (Wildman–Crippen LogP) is 6.13. The maximum absolute atomic E-state index is 13.8. The van der Waals surface area contributed by atoms with Crippen molar-refractivity contribution in [1.29, 1.82) is 0 Å². The minimum Gasteiger partial charge on any atom is -0.368 e. The SMILES string of the molecule is C[C@@H](O[C@H]1CN2C(=O)CC(N3CCC(=O)CC3)C[C@H]2C1c1ccc(F)cc1)c1cc(C(F)(F)F)cc(C(F)(F)F)c1. The van der Waals surface area contributed by atoms with Crippen LogP contribution in [-0.2, 0) is 26.7 Å². The van der Waals surface area contributed by atoms with E-state index in [4.69, 9.17) is 4.74 Å². The molecule has 5 rings (SSSR count). The van der Waals surface area contributed by atoms with Crippen LogP contribution in [-0.4, -0.2) is 59.3 Å². The van der Waals surface area contributed by atoms with Gasteiger partial charge in [-0.05, 0) is 54.8 Å². The average molecular weight is 587 g/mol. The van der Waals surface area contributed by atoms with Crippen molar-refractivity contribution >= 4 is 11.7 Å². The zero-order valence-electron chi connectivity index (χ0n) is 22.1. The largest absolute Gasteiger partial charge is 0.416 e. The van der Waals surface area contributed by atoms with Gasteiger partial charge < -0.3 is 9.64 Å². The Morgan fingerprint density at radius 3 is 2.05 bits per heavy atom. The van der Waals surface area contributed by atoms with Crippen molar-refractivity contribution in [2.45, 2.75) is 75.2 Å². The molecule has 2 aromatic carbocycles. The van der Waals surface area contributed by atoms with Crippen LogP contribution in [0.25, 0.3) is 0 Å². The highest BCUT2D eigenvalue weighted by Gasteiger charge is 2.50. The molecule has 5 atom stereocenters. The number of rotatable bonds is 5. The zero-order valence-corrected chi connectivity index (χ0v) is 22.1. The number of carbonyl (C=O) groups excluding carboxylic acids is 2. The number of hydrogen-bond acceptors (Lipinski definition) is 4. The van der Waals surface area contributed by atoms with Gasteiger partial charge in [0.2, 0.25) is 5.91 Å². The number of fused-ring (bicyclic) bond motifs is 1. The van der Waals surface area contributed by atoms with E-state index in [1.54, 1.807) is 17.0 Å². The Morgan fingerprint density at radius 2 is 1.49 bits per heavy atom. The third kappa shape index (κ3) is 6.28. The van der Waals surface area contributed by atoms with E-state index < -0.39 is 47.4 Å². The molecule has 12 heteroatoms. The number of halogens is 7. The molecule has 41 heavy (non-hydrogen) atoms. The summed E-state index contributed by atoms with van der Waals surface area (Å²) in [6.07, 6.45) is -10.4. The van der Waals surface area contributed by atoms with Gasteiger partial charge in [0.15, 0.2) is 0 Å². The Kier molecular flexibility index (Phi) is 7.92. The number of amides is 1. The summed E-state index contributed by atoms with van der Waals surface area (Å²) in [5, 5.41) is 0. The maximum atomic E-state index is 13.8. The van der Waals surface area contributed by atoms with Gasteiger partial charge in [-0.3, -0.25) is 14.5 Å².